The van der Waals surface area contributed by atoms with E-state index in [4.69, 9.17) is 5.11 Å². The number of amides is 3. The fourth-order valence-electron chi connectivity index (χ4n) is 3.23. The molecule has 0 saturated heterocycles. The number of thiazole rings is 1. The van der Waals surface area contributed by atoms with Crippen LogP contribution in [-0.2, 0) is 19.6 Å². The molecule has 3 N–H and O–H groups in total. The largest absolute Gasteiger partial charge is 0.394 e. The standard InChI is InChI=1S/C21H25FN6O3S/c1-13-18(14(2)28(26-13)7-8-29)19(30)27(3)11-17-12-32-21(24-17)25-20(31)23-10-15-5-4-6-16(22)9-15/h4-6,9,12,29H,7-8,10-11H2,1-3H3,(H2,23,24,25,31). The summed E-state index contributed by atoms with van der Waals surface area (Å²) in [6, 6.07) is 5.53. The second-order valence-corrected chi connectivity index (χ2v) is 8.09. The van der Waals surface area contributed by atoms with Gasteiger partial charge in [-0.2, -0.15) is 5.10 Å². The Morgan fingerprint density at radius 2 is 2.09 bits per heavy atom. The Morgan fingerprint density at radius 3 is 2.81 bits per heavy atom. The number of benzene rings is 1. The lowest BCUT2D eigenvalue weighted by atomic mass is 10.1. The SMILES string of the molecule is Cc1nn(CCO)c(C)c1C(=O)N(C)Cc1csc(NC(=O)NCc2cccc(F)c2)n1. The highest BCUT2D eigenvalue weighted by Gasteiger charge is 2.22. The molecule has 0 aliphatic carbocycles. The third-order valence-electron chi connectivity index (χ3n) is 4.77. The van der Waals surface area contributed by atoms with Crippen LogP contribution >= 0.6 is 11.3 Å². The van der Waals surface area contributed by atoms with E-state index in [1.807, 2.05) is 0 Å². The second kappa shape index (κ2) is 10.3. The van der Waals surface area contributed by atoms with Gasteiger partial charge in [-0.15, -0.1) is 11.3 Å². The summed E-state index contributed by atoms with van der Waals surface area (Å²) >= 11 is 1.24. The van der Waals surface area contributed by atoms with E-state index in [-0.39, 0.29) is 31.4 Å². The molecular weight excluding hydrogens is 435 g/mol. The van der Waals surface area contributed by atoms with Crippen molar-refractivity contribution < 1.29 is 19.1 Å². The van der Waals surface area contributed by atoms with Gasteiger partial charge in [0, 0.05) is 24.7 Å². The summed E-state index contributed by atoms with van der Waals surface area (Å²) in [5, 5.41) is 20.9. The average molecular weight is 461 g/mol. The van der Waals surface area contributed by atoms with Gasteiger partial charge in [0.25, 0.3) is 5.91 Å². The molecule has 32 heavy (non-hydrogen) atoms. The number of aromatic nitrogens is 3. The van der Waals surface area contributed by atoms with Crippen LogP contribution in [0.3, 0.4) is 0 Å². The van der Waals surface area contributed by atoms with Crippen LogP contribution in [0, 0.1) is 19.7 Å². The normalized spacial score (nSPS) is 10.8. The molecular formula is C21H25FN6O3S. The molecule has 11 heteroatoms. The Labute approximate surface area is 188 Å². The van der Waals surface area contributed by atoms with E-state index in [1.165, 1.54) is 28.4 Å². The molecule has 0 saturated carbocycles. The first-order valence-corrected chi connectivity index (χ1v) is 10.8. The molecule has 0 aliphatic rings. The van der Waals surface area contributed by atoms with Crippen LogP contribution in [0.15, 0.2) is 29.6 Å². The molecule has 0 unspecified atom stereocenters. The molecule has 0 spiro atoms. The first-order valence-electron chi connectivity index (χ1n) is 9.92. The molecule has 0 aliphatic heterocycles. The highest BCUT2D eigenvalue weighted by molar-refractivity contribution is 7.13. The predicted molar refractivity (Wildman–Crippen MR) is 119 cm³/mol. The van der Waals surface area contributed by atoms with E-state index in [1.54, 1.807) is 43.1 Å². The number of aliphatic hydroxyl groups is 1. The third kappa shape index (κ3) is 5.68. The Bertz CT molecular complexity index is 1110. The van der Waals surface area contributed by atoms with Gasteiger partial charge in [0.2, 0.25) is 0 Å². The summed E-state index contributed by atoms with van der Waals surface area (Å²) in [6.07, 6.45) is 0. The van der Waals surface area contributed by atoms with Crippen molar-refractivity contribution in [2.24, 2.45) is 0 Å². The lowest BCUT2D eigenvalue weighted by Crippen LogP contribution is -2.28. The number of carbonyl (C=O) groups is 2. The summed E-state index contributed by atoms with van der Waals surface area (Å²) in [5.74, 6) is -0.557. The van der Waals surface area contributed by atoms with E-state index in [0.29, 0.717) is 39.9 Å². The molecule has 3 aromatic rings. The van der Waals surface area contributed by atoms with Crippen LogP contribution in [0.1, 0.15) is 33.0 Å². The van der Waals surface area contributed by atoms with E-state index < -0.39 is 6.03 Å². The van der Waals surface area contributed by atoms with Gasteiger partial charge < -0.3 is 15.3 Å². The lowest BCUT2D eigenvalue weighted by molar-refractivity contribution is 0.0782. The van der Waals surface area contributed by atoms with Crippen molar-refractivity contribution in [2.45, 2.75) is 33.5 Å². The van der Waals surface area contributed by atoms with Gasteiger partial charge in [-0.3, -0.25) is 14.8 Å². The maximum absolute atomic E-state index is 13.2. The molecule has 2 heterocycles. The maximum atomic E-state index is 13.2. The van der Waals surface area contributed by atoms with Gasteiger partial charge in [0.15, 0.2) is 5.13 Å². The number of carbonyl (C=O) groups excluding carboxylic acids is 2. The first-order chi connectivity index (χ1) is 15.3. The molecule has 3 amide bonds. The molecule has 0 fully saturated rings. The van der Waals surface area contributed by atoms with E-state index in [2.05, 4.69) is 20.7 Å². The summed E-state index contributed by atoms with van der Waals surface area (Å²) in [4.78, 5) is 30.9. The number of rotatable bonds is 8. The maximum Gasteiger partial charge on any atom is 0.321 e. The summed E-state index contributed by atoms with van der Waals surface area (Å²) < 4.78 is 14.8. The van der Waals surface area contributed by atoms with Crippen molar-refractivity contribution in [2.75, 3.05) is 19.0 Å². The number of halogens is 1. The highest BCUT2D eigenvalue weighted by atomic mass is 32.1. The highest BCUT2D eigenvalue weighted by Crippen LogP contribution is 2.19. The number of nitrogens with zero attached hydrogens (tertiary/aromatic N) is 4. The number of aliphatic hydroxyl groups excluding tert-OH is 1. The van der Waals surface area contributed by atoms with Gasteiger partial charge in [0.1, 0.15) is 5.82 Å². The van der Waals surface area contributed by atoms with E-state index >= 15 is 0 Å². The molecule has 3 rings (SSSR count). The summed E-state index contributed by atoms with van der Waals surface area (Å²) in [7, 11) is 1.67. The average Bonchev–Trinajstić information content (AvgIpc) is 3.29. The number of hydrogen-bond acceptors (Lipinski definition) is 6. The van der Waals surface area contributed by atoms with Gasteiger partial charge in [0.05, 0.1) is 36.6 Å². The lowest BCUT2D eigenvalue weighted by Gasteiger charge is -2.16. The van der Waals surface area contributed by atoms with Gasteiger partial charge in [-0.05, 0) is 31.5 Å². The summed E-state index contributed by atoms with van der Waals surface area (Å²) in [5.41, 5.74) is 3.08. The number of anilines is 1. The van der Waals surface area contributed by atoms with Crippen LogP contribution in [0.5, 0.6) is 0 Å². The molecule has 0 bridgehead atoms. The van der Waals surface area contributed by atoms with E-state index in [0.717, 1.165) is 0 Å². The number of hydrogen-bond donors (Lipinski definition) is 3. The second-order valence-electron chi connectivity index (χ2n) is 7.24. The van der Waals surface area contributed by atoms with Crippen LogP contribution in [0.2, 0.25) is 0 Å². The van der Waals surface area contributed by atoms with Crippen molar-refractivity contribution in [3.8, 4) is 0 Å². The Balaban J connectivity index is 1.56. The van der Waals surface area contributed by atoms with Gasteiger partial charge >= 0.3 is 6.03 Å². The molecule has 0 atom stereocenters. The van der Waals surface area contributed by atoms with Crippen LogP contribution in [0.25, 0.3) is 0 Å². The quantitative estimate of drug-likeness (QED) is 0.479. The molecule has 170 valence electrons. The van der Waals surface area contributed by atoms with Crippen molar-refractivity contribution in [3.63, 3.8) is 0 Å². The monoisotopic (exact) mass is 460 g/mol. The van der Waals surface area contributed by atoms with Gasteiger partial charge in [-0.25, -0.2) is 14.2 Å². The molecule has 9 nitrogen and oxygen atoms in total. The molecule has 0 radical (unpaired) electrons. The van der Waals surface area contributed by atoms with Crippen molar-refractivity contribution in [1.82, 2.24) is 25.0 Å². The van der Waals surface area contributed by atoms with Crippen LogP contribution in [-0.4, -0.2) is 50.4 Å². The minimum atomic E-state index is -0.456. The first kappa shape index (κ1) is 23.4. The Hall–Kier alpha value is -3.31. The van der Waals surface area contributed by atoms with Crippen molar-refractivity contribution >= 4 is 28.4 Å². The zero-order valence-electron chi connectivity index (χ0n) is 18.1. The van der Waals surface area contributed by atoms with Crippen molar-refractivity contribution in [3.05, 3.63) is 63.7 Å². The fraction of sp³-hybridized carbons (Fsp3) is 0.333. The van der Waals surface area contributed by atoms with E-state index in [9.17, 15) is 14.0 Å². The van der Waals surface area contributed by atoms with Gasteiger partial charge in [-0.1, -0.05) is 12.1 Å². The molecule has 2 aromatic heterocycles. The minimum absolute atomic E-state index is 0.0597. The predicted octanol–water partition coefficient (Wildman–Crippen LogP) is 2.68. The number of aryl methyl sites for hydroxylation is 1. The summed E-state index contributed by atoms with van der Waals surface area (Å²) in [6.45, 7) is 4.26. The zero-order valence-corrected chi connectivity index (χ0v) is 18.9. The number of nitrogens with one attached hydrogen (secondary N) is 2. The van der Waals surface area contributed by atoms with Crippen LogP contribution in [0.4, 0.5) is 14.3 Å². The fourth-order valence-corrected chi connectivity index (χ4v) is 3.93. The Morgan fingerprint density at radius 1 is 1.31 bits per heavy atom. The topological polar surface area (TPSA) is 112 Å². The number of urea groups is 1. The van der Waals surface area contributed by atoms with Crippen molar-refractivity contribution in [1.29, 1.82) is 0 Å². The smallest absolute Gasteiger partial charge is 0.321 e. The Kier molecular flexibility index (Phi) is 7.54. The zero-order chi connectivity index (χ0) is 23.3. The minimum Gasteiger partial charge on any atom is -0.394 e. The van der Waals surface area contributed by atoms with Crippen LogP contribution < -0.4 is 10.6 Å². The third-order valence-corrected chi connectivity index (χ3v) is 5.57. The molecule has 1 aromatic carbocycles.